The molecule has 8 atom stereocenters. The molecule has 7 fully saturated rings. The summed E-state index contributed by atoms with van der Waals surface area (Å²) in [7, 11) is 1.33. The Balaban J connectivity index is 0.822. The molecule has 0 bridgehead atoms. The van der Waals surface area contributed by atoms with Gasteiger partial charge in [0, 0.05) is 25.5 Å². The second-order valence-electron chi connectivity index (χ2n) is 16.6. The number of likely N-dealkylation sites (tertiary alicyclic amines) is 1. The first-order valence-corrected chi connectivity index (χ1v) is 19.0. The molecule has 2 unspecified atom stereocenters. The minimum absolute atomic E-state index is 0.0217. The Morgan fingerprint density at radius 2 is 1.79 bits per heavy atom. The number of aromatic amines is 1. The topological polar surface area (TPSA) is 147 Å². The van der Waals surface area contributed by atoms with Crippen LogP contribution in [0.5, 0.6) is 0 Å². The van der Waals surface area contributed by atoms with E-state index < -0.39 is 12.1 Å². The summed E-state index contributed by atoms with van der Waals surface area (Å²) >= 11 is 0. The highest BCUT2D eigenvalue weighted by molar-refractivity contribution is 5.96. The number of alkyl carbamates (subject to hydrolysis) is 1. The number of carbonyl (C=O) groups is 2. The second kappa shape index (κ2) is 11.5. The monoisotopic (exact) mass is 701 g/mol. The number of hydrogen-bond donors (Lipinski definition) is 4. The van der Waals surface area contributed by atoms with Crippen molar-refractivity contribution in [2.45, 2.75) is 88.0 Å². The average molecular weight is 702 g/mol. The zero-order valence-electron chi connectivity index (χ0n) is 29.9. The fraction of sp³-hybridized carbons (Fsp3) is 0.512. The second-order valence-corrected chi connectivity index (χ2v) is 16.6. The van der Waals surface area contributed by atoms with E-state index in [1.54, 1.807) is 0 Å². The maximum Gasteiger partial charge on any atom is 0.407 e. The van der Waals surface area contributed by atoms with Crippen LogP contribution in [0.3, 0.4) is 0 Å². The van der Waals surface area contributed by atoms with E-state index in [2.05, 4.69) is 64.1 Å². The number of imidazole rings is 1. The molecule has 5 N–H and O–H groups in total. The number of aliphatic imine (C=N–C) groups is 1. The summed E-state index contributed by atoms with van der Waals surface area (Å²) < 4.78 is 10.5. The summed E-state index contributed by atoms with van der Waals surface area (Å²) in [6.07, 6.45) is 11.1. The number of rotatable bonds is 9. The van der Waals surface area contributed by atoms with Crippen molar-refractivity contribution in [2.75, 3.05) is 20.3 Å². The predicted molar refractivity (Wildman–Crippen MR) is 197 cm³/mol. The molecule has 2 aromatic carbocycles. The summed E-state index contributed by atoms with van der Waals surface area (Å²) in [6.45, 7) is 3.18. The fourth-order valence-corrected chi connectivity index (χ4v) is 10.7. The van der Waals surface area contributed by atoms with E-state index in [0.717, 1.165) is 77.0 Å². The molecular formula is C41H47N7O4. The first-order chi connectivity index (χ1) is 25.2. The largest absolute Gasteiger partial charge is 0.453 e. The predicted octanol–water partition coefficient (Wildman–Crippen LogP) is 5.56. The van der Waals surface area contributed by atoms with Gasteiger partial charge in [0.25, 0.3) is 0 Å². The number of ether oxygens (including phenoxy) is 2. The molecule has 3 aliphatic heterocycles. The van der Waals surface area contributed by atoms with Gasteiger partial charge in [0.15, 0.2) is 0 Å². The van der Waals surface area contributed by atoms with Crippen LogP contribution < -0.4 is 16.4 Å². The highest BCUT2D eigenvalue weighted by Gasteiger charge is 2.83. The molecule has 11 nitrogen and oxygen atoms in total. The maximum atomic E-state index is 14.4. The minimum atomic E-state index is -0.682. The first-order valence-electron chi connectivity index (χ1n) is 19.0. The molecule has 1 spiro atoms. The van der Waals surface area contributed by atoms with Crippen LogP contribution in [0.1, 0.15) is 75.7 Å². The number of allylic oxidation sites excluding steroid dienone is 1. The third-order valence-corrected chi connectivity index (χ3v) is 14.2. The molecule has 0 radical (unpaired) electrons. The van der Waals surface area contributed by atoms with E-state index >= 15 is 0 Å². The van der Waals surface area contributed by atoms with Crippen molar-refractivity contribution in [3.63, 3.8) is 0 Å². The molecule has 11 heteroatoms. The molecule has 52 heavy (non-hydrogen) atoms. The fourth-order valence-electron chi connectivity index (χ4n) is 10.7. The Labute approximate surface area is 303 Å². The number of carbonyl (C=O) groups excluding carboxylic acids is 2. The number of nitrogens with one attached hydrogen (secondary N) is 3. The molecule has 4 saturated carbocycles. The Kier molecular flexibility index (Phi) is 7.12. The van der Waals surface area contributed by atoms with Gasteiger partial charge in [0.2, 0.25) is 5.91 Å². The standard InChI is InChI=1S/C41H47N7O4/c1-23(20-43-35(42)32-19-39-13-14-41(39,22-39)48(32)37(49)33(47-38(50)51-2)28-11-15-52-16-12-28)24-3-5-25(6-4-24)26-7-9-27(10-8-26)31-21-44-36(46-31)30-18-40-17-29(40)34(40)45-30/h3-10,20-21,28-30,32-34,45H,11-19,22H2,1-2H3,(H2,42,43)(H,44,46)(H,47,50)/b23-20+/t29?,30-,32-,33-,34+,39+,40+,41?/m0/s1. The van der Waals surface area contributed by atoms with Gasteiger partial charge in [-0.25, -0.2) is 14.8 Å². The lowest BCUT2D eigenvalue weighted by atomic mass is 9.79. The van der Waals surface area contributed by atoms with Gasteiger partial charge in [0.1, 0.15) is 17.7 Å². The Morgan fingerprint density at radius 3 is 2.44 bits per heavy atom. The van der Waals surface area contributed by atoms with Gasteiger partial charge >= 0.3 is 6.09 Å². The number of nitrogens with zero attached hydrogens (tertiary/aromatic N) is 3. The van der Waals surface area contributed by atoms with Crippen LogP contribution in [0.25, 0.3) is 28.0 Å². The van der Waals surface area contributed by atoms with E-state index in [1.165, 1.54) is 20.0 Å². The molecule has 270 valence electrons. The van der Waals surface area contributed by atoms with E-state index in [9.17, 15) is 9.59 Å². The normalized spacial score (nSPS) is 34.7. The minimum Gasteiger partial charge on any atom is -0.453 e. The highest BCUT2D eigenvalue weighted by atomic mass is 16.5. The number of aromatic nitrogens is 2. The summed E-state index contributed by atoms with van der Waals surface area (Å²) in [6, 6.07) is 17.2. The molecule has 10 rings (SSSR count). The number of H-pyrrole nitrogens is 1. The summed E-state index contributed by atoms with van der Waals surface area (Å²) in [4.78, 5) is 41.8. The number of amides is 2. The van der Waals surface area contributed by atoms with Crippen molar-refractivity contribution in [1.82, 2.24) is 25.5 Å². The Hall–Kier alpha value is -4.48. The van der Waals surface area contributed by atoms with Crippen molar-refractivity contribution in [1.29, 1.82) is 0 Å². The number of hydrogen-bond acceptors (Lipinski definition) is 7. The quantitative estimate of drug-likeness (QED) is 0.169. The zero-order valence-corrected chi connectivity index (χ0v) is 29.9. The van der Waals surface area contributed by atoms with Crippen LogP contribution in [-0.4, -0.2) is 76.7 Å². The van der Waals surface area contributed by atoms with E-state index in [4.69, 9.17) is 25.2 Å². The van der Waals surface area contributed by atoms with Crippen molar-refractivity contribution < 1.29 is 19.1 Å². The van der Waals surface area contributed by atoms with Gasteiger partial charge in [-0.2, -0.15) is 0 Å². The molecule has 4 heterocycles. The van der Waals surface area contributed by atoms with Crippen molar-refractivity contribution >= 4 is 23.4 Å². The number of methoxy groups -OCH3 is 1. The lowest BCUT2D eigenvalue weighted by Crippen LogP contribution is -2.60. The van der Waals surface area contributed by atoms with Gasteiger partial charge in [-0.1, -0.05) is 48.5 Å². The molecular weight excluding hydrogens is 654 g/mol. The van der Waals surface area contributed by atoms with Crippen molar-refractivity contribution in [3.8, 4) is 22.4 Å². The number of nitrogens with two attached hydrogens (primary N) is 1. The van der Waals surface area contributed by atoms with E-state index in [0.29, 0.717) is 43.3 Å². The molecule has 7 aliphatic rings. The Bertz CT molecular complexity index is 2000. The summed E-state index contributed by atoms with van der Waals surface area (Å²) in [5, 5.41) is 6.63. The van der Waals surface area contributed by atoms with Gasteiger partial charge < -0.3 is 35.7 Å². The third-order valence-electron chi connectivity index (χ3n) is 14.2. The molecule has 3 saturated heterocycles. The number of fused-ring (bicyclic) bond motifs is 1. The smallest absolute Gasteiger partial charge is 0.407 e. The van der Waals surface area contributed by atoms with Crippen LogP contribution in [0.4, 0.5) is 4.79 Å². The van der Waals surface area contributed by atoms with Crippen LogP contribution in [0.15, 0.2) is 65.9 Å². The number of amidine groups is 1. The van der Waals surface area contributed by atoms with Gasteiger partial charge in [0.05, 0.1) is 36.6 Å². The van der Waals surface area contributed by atoms with Crippen LogP contribution in [0, 0.1) is 22.7 Å². The van der Waals surface area contributed by atoms with E-state index in [1.807, 2.05) is 24.2 Å². The highest BCUT2D eigenvalue weighted by Crippen LogP contribution is 2.81. The molecule has 4 aliphatic carbocycles. The number of benzene rings is 2. The van der Waals surface area contributed by atoms with Gasteiger partial charge in [-0.05, 0) is 109 Å². The third kappa shape index (κ3) is 4.84. The van der Waals surface area contributed by atoms with Crippen LogP contribution in [0.2, 0.25) is 0 Å². The lowest BCUT2D eigenvalue weighted by molar-refractivity contribution is -0.140. The van der Waals surface area contributed by atoms with Gasteiger partial charge in [-0.15, -0.1) is 0 Å². The van der Waals surface area contributed by atoms with Crippen LogP contribution >= 0.6 is 0 Å². The summed E-state index contributed by atoms with van der Waals surface area (Å²) in [5.74, 6) is 2.34. The summed E-state index contributed by atoms with van der Waals surface area (Å²) in [5.41, 5.74) is 13.8. The first kappa shape index (κ1) is 32.2. The molecule has 2 amide bonds. The Morgan fingerprint density at radius 1 is 1.06 bits per heavy atom. The SMILES string of the molecule is COC(=O)N[C@H](C(=O)N1[C@H](C(N)=N/C=C(\C)c2ccc(-c3ccc(-c4cnc([C@@H]5C[C@]67CC6[C@H]7N5)[nH]4)cc3)cc2)C[C@@]23CCC12C3)C1CCOCC1. The van der Waals surface area contributed by atoms with Crippen molar-refractivity contribution in [2.24, 2.45) is 33.4 Å². The average Bonchev–Trinajstić information content (AvgIpc) is 3.98. The maximum absolute atomic E-state index is 14.4. The number of piperidine rings is 2. The van der Waals surface area contributed by atoms with Crippen molar-refractivity contribution in [3.05, 3.63) is 72.3 Å². The van der Waals surface area contributed by atoms with Crippen LogP contribution in [-0.2, 0) is 14.3 Å². The lowest BCUT2D eigenvalue weighted by Gasteiger charge is -2.41. The van der Waals surface area contributed by atoms with E-state index in [-0.39, 0.29) is 28.8 Å². The molecule has 3 aromatic rings. The van der Waals surface area contributed by atoms with Gasteiger partial charge in [-0.3, -0.25) is 4.79 Å². The zero-order chi connectivity index (χ0) is 35.4. The molecule has 1 aromatic heterocycles.